The van der Waals surface area contributed by atoms with Gasteiger partial charge in [-0.3, -0.25) is 4.79 Å². The Balaban J connectivity index is 2.99. The number of amidine groups is 1. The molecule has 3 N–H and O–H groups in total. The van der Waals surface area contributed by atoms with E-state index in [0.717, 1.165) is 12.1 Å². The number of oxime groups is 1. The minimum Gasteiger partial charge on any atom is -0.409 e. The van der Waals surface area contributed by atoms with Crippen molar-refractivity contribution >= 4 is 17.4 Å². The summed E-state index contributed by atoms with van der Waals surface area (Å²) in [5.41, 5.74) is 6.45. The number of para-hydroxylation sites is 1. The van der Waals surface area contributed by atoms with Crippen LogP contribution in [0.4, 0.5) is 5.69 Å². The van der Waals surface area contributed by atoms with Crippen LogP contribution in [0.25, 0.3) is 0 Å². The Hall–Kier alpha value is -2.04. The predicted molar refractivity (Wildman–Crippen MR) is 76.3 cm³/mol. The smallest absolute Gasteiger partial charge is 0.237 e. The van der Waals surface area contributed by atoms with Gasteiger partial charge >= 0.3 is 0 Å². The molecule has 0 spiro atoms. The van der Waals surface area contributed by atoms with Gasteiger partial charge in [-0.1, -0.05) is 36.7 Å². The van der Waals surface area contributed by atoms with Gasteiger partial charge in [0.1, 0.15) is 0 Å². The van der Waals surface area contributed by atoms with Crippen molar-refractivity contribution in [2.24, 2.45) is 16.8 Å². The molecule has 1 unspecified atom stereocenters. The molecule has 0 aliphatic heterocycles. The summed E-state index contributed by atoms with van der Waals surface area (Å²) >= 11 is 0. The molecule has 0 aliphatic carbocycles. The summed E-state index contributed by atoms with van der Waals surface area (Å²) in [7, 11) is 0. The molecule has 0 heterocycles. The summed E-state index contributed by atoms with van der Waals surface area (Å²) in [5.74, 6) is -0.734. The van der Waals surface area contributed by atoms with E-state index in [-0.39, 0.29) is 11.7 Å². The Morgan fingerprint density at radius 1 is 1.37 bits per heavy atom. The molecule has 0 saturated heterocycles. The number of carbonyl (C=O) groups is 1. The van der Waals surface area contributed by atoms with E-state index in [1.165, 1.54) is 0 Å². The Morgan fingerprint density at radius 2 is 2.00 bits per heavy atom. The van der Waals surface area contributed by atoms with Gasteiger partial charge in [0.2, 0.25) is 5.91 Å². The van der Waals surface area contributed by atoms with Gasteiger partial charge in [0.15, 0.2) is 5.84 Å². The van der Waals surface area contributed by atoms with E-state index in [1.807, 2.05) is 44.2 Å². The van der Waals surface area contributed by atoms with Gasteiger partial charge in [0.05, 0.1) is 5.92 Å². The van der Waals surface area contributed by atoms with Gasteiger partial charge in [0.25, 0.3) is 0 Å². The first-order chi connectivity index (χ1) is 9.15. The summed E-state index contributed by atoms with van der Waals surface area (Å²) in [6, 6.07) is 9.40. The number of nitrogens with two attached hydrogens (primary N) is 1. The summed E-state index contributed by atoms with van der Waals surface area (Å²) in [6.07, 6.45) is 1.36. The first kappa shape index (κ1) is 15.0. The number of nitrogens with zero attached hydrogens (tertiary/aromatic N) is 2. The molecule has 1 rings (SSSR count). The van der Waals surface area contributed by atoms with Crippen LogP contribution in [0.3, 0.4) is 0 Å². The molecule has 1 amide bonds. The number of amides is 1. The van der Waals surface area contributed by atoms with Crippen LogP contribution in [0.1, 0.15) is 26.7 Å². The lowest BCUT2D eigenvalue weighted by molar-refractivity contribution is -0.120. The van der Waals surface area contributed by atoms with Crippen molar-refractivity contribution < 1.29 is 10.0 Å². The number of rotatable bonds is 6. The maximum absolute atomic E-state index is 12.5. The van der Waals surface area contributed by atoms with Crippen molar-refractivity contribution in [2.75, 3.05) is 11.4 Å². The first-order valence-corrected chi connectivity index (χ1v) is 6.49. The summed E-state index contributed by atoms with van der Waals surface area (Å²) < 4.78 is 0. The van der Waals surface area contributed by atoms with E-state index in [2.05, 4.69) is 5.16 Å². The normalized spacial score (nSPS) is 13.1. The molecule has 5 heteroatoms. The average molecular weight is 263 g/mol. The standard InChI is InChI=1S/C14H21N3O2/c1-3-8-12(13(15)16-19)14(18)17(4-2)11-9-6-5-7-10-11/h5-7,9-10,12,19H,3-4,8H2,1-2H3,(H2,15,16). The molecule has 0 bridgehead atoms. The number of benzene rings is 1. The molecule has 1 aromatic rings. The quantitative estimate of drug-likeness (QED) is 0.357. The molecule has 5 nitrogen and oxygen atoms in total. The van der Waals surface area contributed by atoms with Crippen molar-refractivity contribution in [2.45, 2.75) is 26.7 Å². The maximum Gasteiger partial charge on any atom is 0.237 e. The summed E-state index contributed by atoms with van der Waals surface area (Å²) in [6.45, 7) is 4.41. The van der Waals surface area contributed by atoms with Crippen LogP contribution in [-0.2, 0) is 4.79 Å². The number of hydrogen-bond acceptors (Lipinski definition) is 3. The van der Waals surface area contributed by atoms with E-state index < -0.39 is 5.92 Å². The molecule has 104 valence electrons. The Bertz CT molecular complexity index is 432. The molecular weight excluding hydrogens is 242 g/mol. The summed E-state index contributed by atoms with van der Waals surface area (Å²) in [4.78, 5) is 14.2. The van der Waals surface area contributed by atoms with E-state index in [9.17, 15) is 4.79 Å². The van der Waals surface area contributed by atoms with Crippen LogP contribution in [0.5, 0.6) is 0 Å². The van der Waals surface area contributed by atoms with Crippen LogP contribution in [-0.4, -0.2) is 23.5 Å². The number of hydrogen-bond donors (Lipinski definition) is 2. The third-order valence-electron chi connectivity index (χ3n) is 3.00. The highest BCUT2D eigenvalue weighted by Crippen LogP contribution is 2.18. The Morgan fingerprint density at radius 3 is 2.47 bits per heavy atom. The largest absolute Gasteiger partial charge is 0.409 e. The number of carbonyl (C=O) groups excluding carboxylic acids is 1. The minimum atomic E-state index is -0.574. The topological polar surface area (TPSA) is 78.9 Å². The highest BCUT2D eigenvalue weighted by atomic mass is 16.4. The van der Waals surface area contributed by atoms with Crippen LogP contribution < -0.4 is 10.6 Å². The highest BCUT2D eigenvalue weighted by Gasteiger charge is 2.27. The Kier molecular flexibility index (Phi) is 5.85. The second kappa shape index (κ2) is 7.41. The van der Waals surface area contributed by atoms with Crippen LogP contribution >= 0.6 is 0 Å². The molecule has 19 heavy (non-hydrogen) atoms. The van der Waals surface area contributed by atoms with Gasteiger partial charge < -0.3 is 15.8 Å². The molecule has 0 aliphatic rings. The lowest BCUT2D eigenvalue weighted by atomic mass is 10.0. The molecule has 0 fully saturated rings. The second-order valence-electron chi connectivity index (χ2n) is 4.28. The molecule has 1 aromatic carbocycles. The molecular formula is C14H21N3O2. The molecule has 1 atom stereocenters. The zero-order chi connectivity index (χ0) is 14.3. The van der Waals surface area contributed by atoms with Crippen molar-refractivity contribution in [3.8, 4) is 0 Å². The van der Waals surface area contributed by atoms with Gasteiger partial charge in [-0.2, -0.15) is 0 Å². The highest BCUT2D eigenvalue weighted by molar-refractivity contribution is 6.08. The van der Waals surface area contributed by atoms with E-state index in [1.54, 1.807) is 4.90 Å². The van der Waals surface area contributed by atoms with E-state index >= 15 is 0 Å². The minimum absolute atomic E-state index is 0.0266. The van der Waals surface area contributed by atoms with Gasteiger partial charge in [-0.25, -0.2) is 0 Å². The van der Waals surface area contributed by atoms with Gasteiger partial charge in [0, 0.05) is 12.2 Å². The zero-order valence-electron chi connectivity index (χ0n) is 11.4. The fourth-order valence-electron chi connectivity index (χ4n) is 2.02. The SMILES string of the molecule is CCCC(C(=O)N(CC)c1ccccc1)C(N)=NO. The van der Waals surface area contributed by atoms with Gasteiger partial charge in [-0.15, -0.1) is 0 Å². The van der Waals surface area contributed by atoms with E-state index in [4.69, 9.17) is 10.9 Å². The maximum atomic E-state index is 12.5. The fourth-order valence-corrected chi connectivity index (χ4v) is 2.02. The molecule has 0 aromatic heterocycles. The van der Waals surface area contributed by atoms with Crippen LogP contribution in [0.2, 0.25) is 0 Å². The van der Waals surface area contributed by atoms with Crippen molar-refractivity contribution in [3.05, 3.63) is 30.3 Å². The lowest BCUT2D eigenvalue weighted by Crippen LogP contribution is -2.42. The zero-order valence-corrected chi connectivity index (χ0v) is 11.4. The third-order valence-corrected chi connectivity index (χ3v) is 3.00. The molecule has 0 radical (unpaired) electrons. The fraction of sp³-hybridized carbons (Fsp3) is 0.429. The van der Waals surface area contributed by atoms with Crippen molar-refractivity contribution in [1.82, 2.24) is 0 Å². The van der Waals surface area contributed by atoms with Crippen LogP contribution in [0, 0.1) is 5.92 Å². The molecule has 0 saturated carbocycles. The lowest BCUT2D eigenvalue weighted by Gasteiger charge is -2.25. The third kappa shape index (κ3) is 3.71. The summed E-state index contributed by atoms with van der Waals surface area (Å²) in [5, 5.41) is 11.8. The number of anilines is 1. The first-order valence-electron chi connectivity index (χ1n) is 6.49. The van der Waals surface area contributed by atoms with Gasteiger partial charge in [-0.05, 0) is 25.5 Å². The predicted octanol–water partition coefficient (Wildman–Crippen LogP) is 2.20. The van der Waals surface area contributed by atoms with Crippen molar-refractivity contribution in [3.63, 3.8) is 0 Å². The van der Waals surface area contributed by atoms with Crippen molar-refractivity contribution in [1.29, 1.82) is 0 Å². The average Bonchev–Trinajstić information content (AvgIpc) is 2.45. The second-order valence-corrected chi connectivity index (χ2v) is 4.28. The van der Waals surface area contributed by atoms with E-state index in [0.29, 0.717) is 13.0 Å². The monoisotopic (exact) mass is 263 g/mol. The Labute approximate surface area is 113 Å². The van der Waals surface area contributed by atoms with Crippen LogP contribution in [0.15, 0.2) is 35.5 Å².